The van der Waals surface area contributed by atoms with Crippen LogP contribution in [0.25, 0.3) is 0 Å². The number of amides is 1. The average Bonchev–Trinajstić information content (AvgIpc) is 3.06. The van der Waals surface area contributed by atoms with Gasteiger partial charge in [0, 0.05) is 38.8 Å². The van der Waals surface area contributed by atoms with Crippen molar-refractivity contribution in [2.45, 2.75) is 19.4 Å². The van der Waals surface area contributed by atoms with Crippen molar-refractivity contribution >= 4 is 12.1 Å². The molecule has 5 heteroatoms. The minimum atomic E-state index is 0.0608. The van der Waals surface area contributed by atoms with Crippen LogP contribution < -0.4 is 0 Å². The summed E-state index contributed by atoms with van der Waals surface area (Å²) in [6.07, 6.45) is 2.66. The summed E-state index contributed by atoms with van der Waals surface area (Å²) in [6, 6.07) is 10.2. The van der Waals surface area contributed by atoms with Gasteiger partial charge in [-0.15, -0.1) is 0 Å². The summed E-state index contributed by atoms with van der Waals surface area (Å²) in [4.78, 5) is 17.3. The minimum absolute atomic E-state index is 0.0608. The molecular formula is C17H24N4O. The summed E-state index contributed by atoms with van der Waals surface area (Å²) in [6.45, 7) is 7.78. The maximum absolute atomic E-state index is 12.6. The molecule has 1 saturated heterocycles. The Labute approximate surface area is 132 Å². The molecule has 2 heterocycles. The van der Waals surface area contributed by atoms with Crippen LogP contribution in [0.1, 0.15) is 24.9 Å². The lowest BCUT2D eigenvalue weighted by Gasteiger charge is -2.34. The van der Waals surface area contributed by atoms with Gasteiger partial charge in [-0.05, 0) is 12.1 Å². The first-order valence-electron chi connectivity index (χ1n) is 8.12. The Morgan fingerprint density at radius 1 is 1.14 bits per heavy atom. The first kappa shape index (κ1) is 15.2. The van der Waals surface area contributed by atoms with Gasteiger partial charge in [0.05, 0.1) is 12.6 Å². The van der Waals surface area contributed by atoms with Gasteiger partial charge < -0.3 is 4.90 Å². The van der Waals surface area contributed by atoms with E-state index in [1.165, 1.54) is 0 Å². The molecular weight excluding hydrogens is 276 g/mol. The molecule has 1 aromatic rings. The van der Waals surface area contributed by atoms with E-state index in [1.807, 2.05) is 24.4 Å². The van der Waals surface area contributed by atoms with Gasteiger partial charge in [0.2, 0.25) is 0 Å². The fraction of sp³-hybridized carbons (Fsp3) is 0.529. The van der Waals surface area contributed by atoms with E-state index in [1.54, 1.807) is 5.01 Å². The fourth-order valence-electron chi connectivity index (χ4n) is 3.13. The van der Waals surface area contributed by atoms with Gasteiger partial charge >= 0.3 is 0 Å². The molecule has 22 heavy (non-hydrogen) atoms. The lowest BCUT2D eigenvalue weighted by atomic mass is 10.0. The van der Waals surface area contributed by atoms with E-state index in [9.17, 15) is 4.79 Å². The van der Waals surface area contributed by atoms with Crippen LogP contribution in [0.3, 0.4) is 0 Å². The molecule has 0 N–H and O–H groups in total. The van der Waals surface area contributed by atoms with Crippen molar-refractivity contribution in [3.8, 4) is 0 Å². The number of hydrogen-bond donors (Lipinski definition) is 0. The van der Waals surface area contributed by atoms with E-state index in [4.69, 9.17) is 0 Å². The predicted molar refractivity (Wildman–Crippen MR) is 87.7 cm³/mol. The number of piperazine rings is 1. The number of rotatable bonds is 4. The van der Waals surface area contributed by atoms with E-state index in [0.29, 0.717) is 6.54 Å². The normalized spacial score (nSPS) is 23.1. The van der Waals surface area contributed by atoms with E-state index in [2.05, 4.69) is 34.0 Å². The van der Waals surface area contributed by atoms with Gasteiger partial charge in [0.25, 0.3) is 5.91 Å². The third-order valence-electron chi connectivity index (χ3n) is 4.54. The first-order chi connectivity index (χ1) is 10.8. The topological polar surface area (TPSA) is 39.1 Å². The largest absolute Gasteiger partial charge is 0.301 e. The quantitative estimate of drug-likeness (QED) is 0.847. The van der Waals surface area contributed by atoms with E-state index in [0.717, 1.165) is 44.7 Å². The number of nitrogens with zero attached hydrogens (tertiary/aromatic N) is 4. The van der Waals surface area contributed by atoms with Gasteiger partial charge in [0.15, 0.2) is 0 Å². The summed E-state index contributed by atoms with van der Waals surface area (Å²) in [5.41, 5.74) is 1.16. The molecule has 0 aromatic heterocycles. The van der Waals surface area contributed by atoms with Crippen LogP contribution in [0, 0.1) is 0 Å². The molecule has 0 spiro atoms. The van der Waals surface area contributed by atoms with Gasteiger partial charge in [-0.2, -0.15) is 5.10 Å². The highest BCUT2D eigenvalue weighted by molar-refractivity contribution is 5.81. The van der Waals surface area contributed by atoms with Crippen molar-refractivity contribution in [3.05, 3.63) is 35.9 Å². The molecule has 118 valence electrons. The molecule has 1 aromatic carbocycles. The molecule has 0 radical (unpaired) electrons. The third kappa shape index (κ3) is 3.36. The number of hydrazone groups is 1. The molecule has 1 amide bonds. The van der Waals surface area contributed by atoms with Crippen LogP contribution in [0.2, 0.25) is 0 Å². The van der Waals surface area contributed by atoms with Crippen LogP contribution in [0.4, 0.5) is 0 Å². The molecule has 0 saturated carbocycles. The van der Waals surface area contributed by atoms with Crippen molar-refractivity contribution in [1.82, 2.24) is 14.8 Å². The van der Waals surface area contributed by atoms with Gasteiger partial charge in [0.1, 0.15) is 0 Å². The summed E-state index contributed by atoms with van der Waals surface area (Å²) >= 11 is 0. The van der Waals surface area contributed by atoms with Crippen molar-refractivity contribution in [3.63, 3.8) is 0 Å². The maximum Gasteiger partial charge on any atom is 0.257 e. The minimum Gasteiger partial charge on any atom is -0.301 e. The van der Waals surface area contributed by atoms with Gasteiger partial charge in [-0.25, -0.2) is 5.01 Å². The fourth-order valence-corrected chi connectivity index (χ4v) is 3.13. The predicted octanol–water partition coefficient (Wildman–Crippen LogP) is 1.58. The molecule has 1 fully saturated rings. The highest BCUT2D eigenvalue weighted by atomic mass is 16.2. The van der Waals surface area contributed by atoms with Gasteiger partial charge in [-0.1, -0.05) is 37.3 Å². The second-order valence-electron chi connectivity index (χ2n) is 5.91. The number of likely N-dealkylation sites (N-methyl/N-ethyl adjacent to an activating group) is 1. The zero-order valence-electron chi connectivity index (χ0n) is 13.2. The zero-order chi connectivity index (χ0) is 15.4. The Morgan fingerprint density at radius 3 is 2.50 bits per heavy atom. The Balaban J connectivity index is 1.59. The van der Waals surface area contributed by atoms with Crippen LogP contribution >= 0.6 is 0 Å². The third-order valence-corrected chi connectivity index (χ3v) is 4.54. The first-order valence-corrected chi connectivity index (χ1v) is 8.12. The molecule has 2 aliphatic heterocycles. The number of carbonyl (C=O) groups excluding carboxylic acids is 1. The lowest BCUT2D eigenvalue weighted by Crippen LogP contribution is -2.49. The molecule has 5 nitrogen and oxygen atoms in total. The SMILES string of the molecule is CCN1CCN(CC(=O)N2N=CC[C@@H]2c2ccccc2)CC1. The average molecular weight is 300 g/mol. The lowest BCUT2D eigenvalue weighted by molar-refractivity contribution is -0.134. The van der Waals surface area contributed by atoms with Crippen molar-refractivity contribution in [2.75, 3.05) is 39.3 Å². The molecule has 3 rings (SSSR count). The van der Waals surface area contributed by atoms with Crippen molar-refractivity contribution in [1.29, 1.82) is 0 Å². The summed E-state index contributed by atoms with van der Waals surface area (Å²) in [5.74, 6) is 0.104. The highest BCUT2D eigenvalue weighted by Crippen LogP contribution is 2.28. The summed E-state index contributed by atoms with van der Waals surface area (Å²) < 4.78 is 0. The summed E-state index contributed by atoms with van der Waals surface area (Å²) in [7, 11) is 0. The van der Waals surface area contributed by atoms with E-state index >= 15 is 0 Å². The molecule has 0 aliphatic carbocycles. The second-order valence-corrected chi connectivity index (χ2v) is 5.91. The molecule has 0 unspecified atom stereocenters. The van der Waals surface area contributed by atoms with Crippen LogP contribution in [0.15, 0.2) is 35.4 Å². The molecule has 0 bridgehead atoms. The standard InChI is InChI=1S/C17H24N4O/c1-2-19-10-12-20(13-11-19)14-17(22)21-16(8-9-18-21)15-6-4-3-5-7-15/h3-7,9,16H,2,8,10-14H2,1H3/t16-/m1/s1. The zero-order valence-corrected chi connectivity index (χ0v) is 13.2. The van der Waals surface area contributed by atoms with E-state index < -0.39 is 0 Å². The molecule has 2 aliphatic rings. The van der Waals surface area contributed by atoms with Crippen LogP contribution in [-0.2, 0) is 4.79 Å². The molecule has 1 atom stereocenters. The van der Waals surface area contributed by atoms with Gasteiger partial charge in [-0.3, -0.25) is 9.69 Å². The number of benzene rings is 1. The number of hydrogen-bond acceptors (Lipinski definition) is 4. The van der Waals surface area contributed by atoms with E-state index in [-0.39, 0.29) is 11.9 Å². The smallest absolute Gasteiger partial charge is 0.257 e. The van der Waals surface area contributed by atoms with Crippen molar-refractivity contribution < 1.29 is 4.79 Å². The van der Waals surface area contributed by atoms with Crippen molar-refractivity contribution in [2.24, 2.45) is 5.10 Å². The Morgan fingerprint density at radius 2 is 1.82 bits per heavy atom. The van der Waals surface area contributed by atoms with Crippen LogP contribution in [-0.4, -0.2) is 66.2 Å². The maximum atomic E-state index is 12.6. The number of carbonyl (C=O) groups is 1. The Kier molecular flexibility index (Phi) is 4.85. The summed E-state index contributed by atoms with van der Waals surface area (Å²) in [5, 5.41) is 5.98. The highest BCUT2D eigenvalue weighted by Gasteiger charge is 2.29. The second kappa shape index (κ2) is 7.03. The van der Waals surface area contributed by atoms with Crippen LogP contribution in [0.5, 0.6) is 0 Å². The monoisotopic (exact) mass is 300 g/mol. The Hall–Kier alpha value is -1.72. The Bertz CT molecular complexity index is 523.